The van der Waals surface area contributed by atoms with Gasteiger partial charge in [-0.3, -0.25) is 14.9 Å². The quantitative estimate of drug-likeness (QED) is 0.150. The third kappa shape index (κ3) is 6.92. The topological polar surface area (TPSA) is 152 Å². The number of ketones is 2. The van der Waals surface area contributed by atoms with Crippen molar-refractivity contribution in [1.82, 2.24) is 5.32 Å². The predicted molar refractivity (Wildman–Crippen MR) is 141 cm³/mol. The molecule has 0 saturated carbocycles. The van der Waals surface area contributed by atoms with Crippen molar-refractivity contribution in [2.45, 2.75) is 65.4 Å². The molecule has 10 nitrogen and oxygen atoms in total. The molecule has 2 aromatic rings. The van der Waals surface area contributed by atoms with Crippen LogP contribution in [0.15, 0.2) is 18.2 Å². The summed E-state index contributed by atoms with van der Waals surface area (Å²) < 4.78 is 30.8. The van der Waals surface area contributed by atoms with Crippen molar-refractivity contribution in [3.63, 3.8) is 0 Å². The number of aromatic hydroxyl groups is 2. The van der Waals surface area contributed by atoms with Gasteiger partial charge in [0.25, 0.3) is 0 Å². The largest absolute Gasteiger partial charge is 0.507 e. The molecule has 1 aliphatic carbocycles. The number of phenols is 2. The van der Waals surface area contributed by atoms with E-state index in [2.05, 4.69) is 5.32 Å². The summed E-state index contributed by atoms with van der Waals surface area (Å²) in [6.45, 7) is 6.11. The Balaban J connectivity index is 0.00000170. The molecule has 4 N–H and O–H groups in total. The van der Waals surface area contributed by atoms with Crippen LogP contribution in [0, 0.1) is 0 Å². The van der Waals surface area contributed by atoms with Crippen molar-refractivity contribution in [3.05, 3.63) is 46.0 Å². The van der Waals surface area contributed by atoms with Crippen molar-refractivity contribution < 1.29 is 48.3 Å². The monoisotopic (exact) mass is 549 g/mol. The third-order valence-electron chi connectivity index (χ3n) is 6.24. The van der Waals surface area contributed by atoms with E-state index in [1.807, 2.05) is 6.92 Å². The first-order chi connectivity index (χ1) is 18.6. The number of methoxy groups -OCH3 is 1. The Morgan fingerprint density at radius 2 is 1.69 bits per heavy atom. The van der Waals surface area contributed by atoms with Crippen LogP contribution >= 0.6 is 0 Å². The van der Waals surface area contributed by atoms with Crippen LogP contribution in [0.1, 0.15) is 77.9 Å². The minimum absolute atomic E-state index is 0.00560. The molecule has 2 aromatic carbocycles. The maximum Gasteiger partial charge on any atom is 0.202 e. The van der Waals surface area contributed by atoms with E-state index in [0.29, 0.717) is 6.42 Å². The van der Waals surface area contributed by atoms with Gasteiger partial charge in [0, 0.05) is 23.6 Å². The molecule has 0 saturated heterocycles. The average molecular weight is 550 g/mol. The van der Waals surface area contributed by atoms with Gasteiger partial charge in [0.2, 0.25) is 5.78 Å². The summed E-state index contributed by atoms with van der Waals surface area (Å²) in [5.41, 5.74) is -1.04. The van der Waals surface area contributed by atoms with Crippen LogP contribution in [0.4, 0.5) is 4.39 Å². The van der Waals surface area contributed by atoms with Gasteiger partial charge in [-0.25, -0.2) is 4.39 Å². The van der Waals surface area contributed by atoms with Gasteiger partial charge in [-0.2, -0.15) is 0 Å². The van der Waals surface area contributed by atoms with E-state index in [1.54, 1.807) is 13.8 Å². The molecule has 0 bridgehead atoms. The lowest BCUT2D eigenvalue weighted by molar-refractivity contribution is -0.106. The number of carbonyl (C=O) groups is 3. The summed E-state index contributed by atoms with van der Waals surface area (Å²) in [4.78, 5) is 35.5. The van der Waals surface area contributed by atoms with Gasteiger partial charge >= 0.3 is 0 Å². The first-order valence-electron chi connectivity index (χ1n) is 12.6. The Morgan fingerprint density at radius 1 is 1.05 bits per heavy atom. The lowest BCUT2D eigenvalue weighted by Gasteiger charge is -2.26. The lowest BCUT2D eigenvalue weighted by Crippen LogP contribution is -2.40. The Morgan fingerprint density at radius 3 is 2.26 bits per heavy atom. The molecule has 0 spiro atoms. The molecule has 3 atom stereocenters. The number of alkyl halides is 1. The number of hydrogen-bond acceptors (Lipinski definition) is 10. The highest BCUT2D eigenvalue weighted by atomic mass is 19.1. The van der Waals surface area contributed by atoms with Crippen molar-refractivity contribution in [3.8, 4) is 23.0 Å². The molecule has 0 heterocycles. The number of halogens is 1. The van der Waals surface area contributed by atoms with Crippen molar-refractivity contribution in [1.29, 1.82) is 0 Å². The minimum Gasteiger partial charge on any atom is -0.507 e. The highest BCUT2D eigenvalue weighted by molar-refractivity contribution is 6.31. The molecule has 11 heteroatoms. The van der Waals surface area contributed by atoms with E-state index < -0.39 is 53.4 Å². The fourth-order valence-electron chi connectivity index (χ4n) is 4.16. The van der Waals surface area contributed by atoms with E-state index in [4.69, 9.17) is 19.0 Å². The lowest BCUT2D eigenvalue weighted by atomic mass is 9.80. The first kappa shape index (κ1) is 31.7. The average Bonchev–Trinajstić information content (AvgIpc) is 2.93. The van der Waals surface area contributed by atoms with E-state index >= 15 is 0 Å². The van der Waals surface area contributed by atoms with E-state index in [0.717, 1.165) is 6.29 Å². The normalized spacial score (nSPS) is 14.3. The second-order valence-electron chi connectivity index (χ2n) is 8.77. The van der Waals surface area contributed by atoms with Gasteiger partial charge in [-0.1, -0.05) is 26.0 Å². The number of rotatable bonds is 12. The second kappa shape index (κ2) is 14.6. The van der Waals surface area contributed by atoms with Crippen LogP contribution in [0.5, 0.6) is 23.0 Å². The summed E-state index contributed by atoms with van der Waals surface area (Å²) in [6.07, 6.45) is -0.802. The van der Waals surface area contributed by atoms with Gasteiger partial charge in [-0.15, -0.1) is 0 Å². The summed E-state index contributed by atoms with van der Waals surface area (Å²) >= 11 is 0. The summed E-state index contributed by atoms with van der Waals surface area (Å²) in [6, 6.07) is 4.26. The van der Waals surface area contributed by atoms with Gasteiger partial charge in [0.1, 0.15) is 30.2 Å². The van der Waals surface area contributed by atoms with Crippen LogP contribution in [-0.2, 0) is 16.0 Å². The van der Waals surface area contributed by atoms with Crippen molar-refractivity contribution >= 4 is 17.9 Å². The maximum absolute atomic E-state index is 14.4. The van der Waals surface area contributed by atoms with E-state index in [-0.39, 0.29) is 53.7 Å². The second-order valence-corrected chi connectivity index (χ2v) is 8.77. The SMILES string of the molecule is CC=O.CCC(F)Cc1c(O)c2c(c(O)c1OCOC(C)NC(CC)CO)C(=O)c1c(OC)cccc1C2=O. The molecule has 0 aromatic heterocycles. The first-order valence-corrected chi connectivity index (χ1v) is 12.6. The van der Waals surface area contributed by atoms with Crippen molar-refractivity contribution in [2.75, 3.05) is 20.5 Å². The smallest absolute Gasteiger partial charge is 0.202 e. The zero-order valence-corrected chi connectivity index (χ0v) is 22.7. The number of fused-ring (bicyclic) bond motifs is 2. The van der Waals surface area contributed by atoms with Crippen LogP contribution in [0.3, 0.4) is 0 Å². The number of nitrogens with one attached hydrogen (secondary N) is 1. The molecule has 0 aliphatic heterocycles. The minimum atomic E-state index is -1.41. The number of hydrogen-bond donors (Lipinski definition) is 4. The zero-order valence-electron chi connectivity index (χ0n) is 22.7. The fourth-order valence-corrected chi connectivity index (χ4v) is 4.16. The van der Waals surface area contributed by atoms with Crippen LogP contribution in [0.25, 0.3) is 0 Å². The van der Waals surface area contributed by atoms with Crippen LogP contribution in [-0.4, -0.2) is 72.1 Å². The Labute approximate surface area is 226 Å². The van der Waals surface area contributed by atoms with Crippen molar-refractivity contribution in [2.24, 2.45) is 0 Å². The molecule has 3 unspecified atom stereocenters. The molecule has 0 fully saturated rings. The number of benzene rings is 2. The maximum atomic E-state index is 14.4. The van der Waals surface area contributed by atoms with Crippen LogP contribution in [0.2, 0.25) is 0 Å². The van der Waals surface area contributed by atoms with Gasteiger partial charge in [0.15, 0.2) is 24.1 Å². The predicted octanol–water partition coefficient (Wildman–Crippen LogP) is 3.44. The van der Waals surface area contributed by atoms with E-state index in [1.165, 1.54) is 32.2 Å². The third-order valence-corrected chi connectivity index (χ3v) is 6.24. The standard InChI is InChI=1S/C26H32FNO8.C2H4O/c1-5-14(27)10-17-23(31)20-21(24(32)19-16(22(20)30)8-7-9-18(19)34-4)25(33)26(17)36-12-35-13(3)28-15(6-2)11-29;1-2-3/h7-9,13-15,28-29,31,33H,5-6,10-12H2,1-4H3;2H,1H3. The van der Waals surface area contributed by atoms with Gasteiger partial charge in [0.05, 0.1) is 30.4 Å². The Bertz CT molecular complexity index is 1180. The Hall–Kier alpha value is -3.54. The summed E-state index contributed by atoms with van der Waals surface area (Å²) in [5.74, 6) is -2.97. The number of aliphatic hydroxyl groups is 1. The fraction of sp³-hybridized carbons (Fsp3) is 0.464. The number of ether oxygens (including phenoxy) is 3. The van der Waals surface area contributed by atoms with Crippen LogP contribution < -0.4 is 14.8 Å². The molecule has 0 amide bonds. The van der Waals surface area contributed by atoms with Gasteiger partial charge in [-0.05, 0) is 32.8 Å². The zero-order chi connectivity index (χ0) is 29.3. The van der Waals surface area contributed by atoms with Gasteiger partial charge < -0.3 is 34.3 Å². The molecule has 1 aliphatic rings. The number of aliphatic hydroxyl groups excluding tert-OH is 1. The number of aldehydes is 1. The summed E-state index contributed by atoms with van der Waals surface area (Å²) in [5, 5.41) is 34.6. The molecular formula is C28H36FNO9. The number of phenolic OH excluding ortho intramolecular Hbond substituents is 2. The highest BCUT2D eigenvalue weighted by Crippen LogP contribution is 2.48. The highest BCUT2D eigenvalue weighted by Gasteiger charge is 2.40. The molecule has 3 rings (SSSR count). The summed E-state index contributed by atoms with van der Waals surface area (Å²) in [7, 11) is 1.34. The molecule has 39 heavy (non-hydrogen) atoms. The Kier molecular flexibility index (Phi) is 11.8. The molecular weight excluding hydrogens is 513 g/mol. The van der Waals surface area contributed by atoms with E-state index in [9.17, 15) is 29.3 Å². The molecule has 0 radical (unpaired) electrons. The molecule has 214 valence electrons. The number of carbonyl (C=O) groups excluding carboxylic acids is 3.